The number of fused-ring (bicyclic) bond motifs is 1. The van der Waals surface area contributed by atoms with Crippen LogP contribution in [0.4, 0.5) is 13.2 Å². The standard InChI is InChI=1S/C16H9F3N2O5/c17-16(18,19)8-25-12-6-5-9(7-20-12)15(24)26-21-13(22)10-3-1-2-4-11(10)14(21)23/h1-7H,8H2. The molecule has 0 bridgehead atoms. The number of hydrogen-bond acceptors (Lipinski definition) is 6. The van der Waals surface area contributed by atoms with Crippen molar-refractivity contribution in [3.8, 4) is 5.88 Å². The molecule has 0 aliphatic carbocycles. The first kappa shape index (κ1) is 17.4. The van der Waals surface area contributed by atoms with E-state index < -0.39 is 30.6 Å². The molecule has 0 fully saturated rings. The summed E-state index contributed by atoms with van der Waals surface area (Å²) >= 11 is 0. The molecule has 3 rings (SSSR count). The number of carbonyl (C=O) groups is 3. The van der Waals surface area contributed by atoms with E-state index in [1.54, 1.807) is 12.1 Å². The van der Waals surface area contributed by atoms with Crippen LogP contribution in [0.25, 0.3) is 0 Å². The Hall–Kier alpha value is -3.43. The van der Waals surface area contributed by atoms with Crippen LogP contribution in [0, 0.1) is 0 Å². The van der Waals surface area contributed by atoms with E-state index >= 15 is 0 Å². The maximum absolute atomic E-state index is 12.1. The van der Waals surface area contributed by atoms with Crippen molar-refractivity contribution in [3.05, 3.63) is 59.3 Å². The third-order valence-corrected chi connectivity index (χ3v) is 3.29. The minimum Gasteiger partial charge on any atom is -0.468 e. The molecule has 0 unspecified atom stereocenters. The first-order chi connectivity index (χ1) is 12.3. The zero-order valence-corrected chi connectivity index (χ0v) is 12.8. The number of benzene rings is 1. The molecule has 0 saturated heterocycles. The Kier molecular flexibility index (Phi) is 4.33. The molecular formula is C16H9F3N2O5. The molecule has 2 heterocycles. The summed E-state index contributed by atoms with van der Waals surface area (Å²) in [4.78, 5) is 44.6. The van der Waals surface area contributed by atoms with E-state index in [1.165, 1.54) is 12.1 Å². The van der Waals surface area contributed by atoms with Crippen LogP contribution in [0.2, 0.25) is 0 Å². The molecule has 0 saturated carbocycles. The summed E-state index contributed by atoms with van der Waals surface area (Å²) in [5, 5.41) is 0.320. The van der Waals surface area contributed by atoms with E-state index in [1.807, 2.05) is 0 Å². The number of carbonyl (C=O) groups excluding carboxylic acids is 3. The molecule has 2 amide bonds. The number of ether oxygens (including phenoxy) is 1. The molecular weight excluding hydrogens is 357 g/mol. The zero-order chi connectivity index (χ0) is 18.9. The lowest BCUT2D eigenvalue weighted by atomic mass is 10.1. The lowest BCUT2D eigenvalue weighted by Gasteiger charge is -2.12. The van der Waals surface area contributed by atoms with Crippen LogP contribution < -0.4 is 4.74 Å². The number of amides is 2. The summed E-state index contributed by atoms with van der Waals surface area (Å²) < 4.78 is 40.6. The predicted molar refractivity (Wildman–Crippen MR) is 78.1 cm³/mol. The number of pyridine rings is 1. The van der Waals surface area contributed by atoms with Gasteiger partial charge in [-0.3, -0.25) is 9.59 Å². The number of imide groups is 1. The lowest BCUT2D eigenvalue weighted by molar-refractivity contribution is -0.154. The van der Waals surface area contributed by atoms with E-state index in [-0.39, 0.29) is 22.6 Å². The molecule has 1 aliphatic rings. The van der Waals surface area contributed by atoms with Gasteiger partial charge in [0.1, 0.15) is 0 Å². The summed E-state index contributed by atoms with van der Waals surface area (Å²) in [6.07, 6.45) is -3.61. The van der Waals surface area contributed by atoms with Crippen molar-refractivity contribution in [2.75, 3.05) is 6.61 Å². The molecule has 134 valence electrons. The van der Waals surface area contributed by atoms with Gasteiger partial charge in [-0.1, -0.05) is 17.2 Å². The number of alkyl halides is 3. The van der Waals surface area contributed by atoms with Crippen molar-refractivity contribution in [1.29, 1.82) is 0 Å². The number of rotatable bonds is 4. The summed E-state index contributed by atoms with van der Waals surface area (Å²) in [6, 6.07) is 8.07. The summed E-state index contributed by atoms with van der Waals surface area (Å²) in [7, 11) is 0. The normalized spacial score (nSPS) is 13.6. The van der Waals surface area contributed by atoms with Crippen LogP contribution >= 0.6 is 0 Å². The minimum absolute atomic E-state index is 0.0966. The van der Waals surface area contributed by atoms with Crippen LogP contribution in [0.3, 0.4) is 0 Å². The molecule has 1 aliphatic heterocycles. The predicted octanol–water partition coefficient (Wildman–Crippen LogP) is 2.39. The number of nitrogens with zero attached hydrogens (tertiary/aromatic N) is 2. The van der Waals surface area contributed by atoms with Gasteiger partial charge in [-0.05, 0) is 18.2 Å². The van der Waals surface area contributed by atoms with Gasteiger partial charge in [0.2, 0.25) is 5.88 Å². The van der Waals surface area contributed by atoms with Gasteiger partial charge >= 0.3 is 12.1 Å². The van der Waals surface area contributed by atoms with Crippen molar-refractivity contribution < 1.29 is 37.1 Å². The van der Waals surface area contributed by atoms with E-state index in [0.29, 0.717) is 5.06 Å². The van der Waals surface area contributed by atoms with Crippen molar-refractivity contribution in [2.45, 2.75) is 6.18 Å². The van der Waals surface area contributed by atoms with Gasteiger partial charge in [0.25, 0.3) is 11.8 Å². The van der Waals surface area contributed by atoms with E-state index in [4.69, 9.17) is 4.84 Å². The second kappa shape index (κ2) is 6.47. The molecule has 1 aromatic carbocycles. The van der Waals surface area contributed by atoms with Crippen LogP contribution in [-0.2, 0) is 4.84 Å². The van der Waals surface area contributed by atoms with Gasteiger partial charge in [0.05, 0.1) is 16.7 Å². The number of hydroxylamine groups is 2. The Morgan fingerprint density at radius 2 is 1.65 bits per heavy atom. The Morgan fingerprint density at radius 3 is 2.15 bits per heavy atom. The SMILES string of the molecule is O=C(ON1C(=O)c2ccccc2C1=O)c1ccc(OCC(F)(F)F)nc1. The highest BCUT2D eigenvalue weighted by Crippen LogP contribution is 2.23. The van der Waals surface area contributed by atoms with Gasteiger partial charge in [-0.2, -0.15) is 13.2 Å². The van der Waals surface area contributed by atoms with Gasteiger partial charge in [-0.15, -0.1) is 0 Å². The highest BCUT2D eigenvalue weighted by molar-refractivity contribution is 6.21. The number of hydrogen-bond donors (Lipinski definition) is 0. The Labute approximate surface area is 143 Å². The second-order valence-electron chi connectivity index (χ2n) is 5.12. The van der Waals surface area contributed by atoms with Crippen LogP contribution in [0.15, 0.2) is 42.6 Å². The average molecular weight is 366 g/mol. The fourth-order valence-corrected chi connectivity index (χ4v) is 2.13. The zero-order valence-electron chi connectivity index (χ0n) is 12.8. The van der Waals surface area contributed by atoms with Gasteiger partial charge in [0, 0.05) is 12.3 Å². The molecule has 0 radical (unpaired) electrons. The van der Waals surface area contributed by atoms with E-state index in [9.17, 15) is 27.6 Å². The average Bonchev–Trinajstić information content (AvgIpc) is 2.85. The van der Waals surface area contributed by atoms with Gasteiger partial charge in [0.15, 0.2) is 6.61 Å². The largest absolute Gasteiger partial charge is 0.468 e. The summed E-state index contributed by atoms with van der Waals surface area (Å²) in [5.41, 5.74) is 0.0135. The molecule has 0 spiro atoms. The van der Waals surface area contributed by atoms with E-state index in [0.717, 1.165) is 18.3 Å². The topological polar surface area (TPSA) is 85.8 Å². The first-order valence-corrected chi connectivity index (χ1v) is 7.12. The Morgan fingerprint density at radius 1 is 1.04 bits per heavy atom. The van der Waals surface area contributed by atoms with Crippen molar-refractivity contribution in [3.63, 3.8) is 0 Å². The fourth-order valence-electron chi connectivity index (χ4n) is 2.13. The third kappa shape index (κ3) is 3.48. The number of halogens is 3. The molecule has 0 N–H and O–H groups in total. The van der Waals surface area contributed by atoms with Gasteiger partial charge < -0.3 is 9.57 Å². The molecule has 26 heavy (non-hydrogen) atoms. The highest BCUT2D eigenvalue weighted by atomic mass is 19.4. The maximum Gasteiger partial charge on any atom is 0.422 e. The maximum atomic E-state index is 12.1. The highest BCUT2D eigenvalue weighted by Gasteiger charge is 2.38. The smallest absolute Gasteiger partial charge is 0.422 e. The summed E-state index contributed by atoms with van der Waals surface area (Å²) in [5.74, 6) is -3.01. The fraction of sp³-hybridized carbons (Fsp3) is 0.125. The van der Waals surface area contributed by atoms with E-state index in [2.05, 4.69) is 9.72 Å². The lowest BCUT2D eigenvalue weighted by Crippen LogP contribution is -2.32. The molecule has 10 heteroatoms. The third-order valence-electron chi connectivity index (χ3n) is 3.29. The Bertz CT molecular complexity index is 845. The van der Waals surface area contributed by atoms with Crippen LogP contribution in [0.1, 0.15) is 31.1 Å². The minimum atomic E-state index is -4.52. The van der Waals surface area contributed by atoms with Crippen molar-refractivity contribution >= 4 is 17.8 Å². The second-order valence-corrected chi connectivity index (χ2v) is 5.12. The molecule has 0 atom stereocenters. The summed E-state index contributed by atoms with van der Waals surface area (Å²) in [6.45, 7) is -1.53. The number of aromatic nitrogens is 1. The molecule has 1 aromatic heterocycles. The van der Waals surface area contributed by atoms with Crippen LogP contribution in [0.5, 0.6) is 5.88 Å². The molecule has 7 nitrogen and oxygen atoms in total. The first-order valence-electron chi connectivity index (χ1n) is 7.12. The monoisotopic (exact) mass is 366 g/mol. The quantitative estimate of drug-likeness (QED) is 0.773. The molecule has 2 aromatic rings. The van der Waals surface area contributed by atoms with Gasteiger partial charge in [-0.25, -0.2) is 9.78 Å². The van der Waals surface area contributed by atoms with Crippen molar-refractivity contribution in [1.82, 2.24) is 10.0 Å². The van der Waals surface area contributed by atoms with Crippen molar-refractivity contribution in [2.24, 2.45) is 0 Å². The Balaban J connectivity index is 1.67. The van der Waals surface area contributed by atoms with Crippen LogP contribution in [-0.4, -0.2) is 40.6 Å².